The Hall–Kier alpha value is -2.90. The number of ether oxygens (including phenoxy) is 1. The summed E-state index contributed by atoms with van der Waals surface area (Å²) in [5.74, 6) is 0.691. The van der Waals surface area contributed by atoms with E-state index in [-0.39, 0.29) is 6.03 Å². The zero-order valence-corrected chi connectivity index (χ0v) is 17.7. The maximum Gasteiger partial charge on any atom is 0.319 e. The van der Waals surface area contributed by atoms with Crippen molar-refractivity contribution in [2.45, 2.75) is 32.5 Å². The normalized spacial score (nSPS) is 13.9. The lowest BCUT2D eigenvalue weighted by atomic mass is 10.1. The Balaban J connectivity index is 1.29. The van der Waals surface area contributed by atoms with E-state index in [2.05, 4.69) is 38.7 Å². The average molecular weight is 423 g/mol. The van der Waals surface area contributed by atoms with Crippen LogP contribution in [0.5, 0.6) is 5.75 Å². The second-order valence-electron chi connectivity index (χ2n) is 7.36. The number of carbonyl (C=O) groups excluding carboxylic acids is 1. The highest BCUT2D eigenvalue weighted by Gasteiger charge is 2.14. The minimum atomic E-state index is -0.234. The molecule has 30 heavy (non-hydrogen) atoms. The number of benzene rings is 2. The predicted octanol–water partition coefficient (Wildman–Crippen LogP) is 4.64. The van der Waals surface area contributed by atoms with Crippen molar-refractivity contribution < 1.29 is 9.53 Å². The molecule has 0 saturated carbocycles. The van der Waals surface area contributed by atoms with Gasteiger partial charge in [-0.25, -0.2) is 9.78 Å². The molecule has 3 aromatic rings. The van der Waals surface area contributed by atoms with E-state index in [0.717, 1.165) is 30.9 Å². The van der Waals surface area contributed by atoms with Crippen molar-refractivity contribution >= 4 is 23.1 Å². The molecule has 2 heterocycles. The molecule has 2 aromatic carbocycles. The lowest BCUT2D eigenvalue weighted by Gasteiger charge is -2.18. The molecule has 1 aromatic heterocycles. The lowest BCUT2D eigenvalue weighted by Crippen LogP contribution is -2.29. The molecular formula is C23H26N4O2S. The van der Waals surface area contributed by atoms with Crippen molar-refractivity contribution in [1.29, 1.82) is 0 Å². The zero-order valence-electron chi connectivity index (χ0n) is 16.8. The van der Waals surface area contributed by atoms with Crippen molar-refractivity contribution in [2.24, 2.45) is 0 Å². The van der Waals surface area contributed by atoms with Gasteiger partial charge in [-0.15, -0.1) is 11.3 Å². The SMILES string of the molecule is O=C(NCc1ccccc1CN1CCCC1)Nc1cccc(OCc2cscn2)c1. The number of thiazole rings is 1. The van der Waals surface area contributed by atoms with Crippen molar-refractivity contribution in [3.8, 4) is 5.75 Å². The summed E-state index contributed by atoms with van der Waals surface area (Å²) >= 11 is 1.54. The molecule has 2 N–H and O–H groups in total. The van der Waals surface area contributed by atoms with Crippen molar-refractivity contribution in [3.05, 3.63) is 76.2 Å². The van der Waals surface area contributed by atoms with E-state index in [4.69, 9.17) is 4.74 Å². The smallest absolute Gasteiger partial charge is 0.319 e. The van der Waals surface area contributed by atoms with Crippen LogP contribution >= 0.6 is 11.3 Å². The summed E-state index contributed by atoms with van der Waals surface area (Å²) in [5, 5.41) is 7.81. The Labute approximate surface area is 180 Å². The first-order valence-electron chi connectivity index (χ1n) is 10.2. The molecule has 0 aliphatic carbocycles. The van der Waals surface area contributed by atoms with Crippen LogP contribution in [0.2, 0.25) is 0 Å². The molecule has 1 fully saturated rings. The van der Waals surface area contributed by atoms with Crippen molar-refractivity contribution in [3.63, 3.8) is 0 Å². The first kappa shape index (κ1) is 20.4. The van der Waals surface area contributed by atoms with E-state index in [1.165, 1.54) is 18.4 Å². The number of nitrogens with zero attached hydrogens (tertiary/aromatic N) is 2. The van der Waals surface area contributed by atoms with Gasteiger partial charge in [-0.05, 0) is 49.2 Å². The van der Waals surface area contributed by atoms with Gasteiger partial charge in [-0.2, -0.15) is 0 Å². The molecule has 156 valence electrons. The fraction of sp³-hybridized carbons (Fsp3) is 0.304. The van der Waals surface area contributed by atoms with Gasteiger partial charge in [0.15, 0.2) is 0 Å². The standard InChI is InChI=1S/C23H26N4O2S/c28-23(24-13-18-6-1-2-7-19(18)14-27-10-3-4-11-27)26-20-8-5-9-22(12-20)29-15-21-16-30-17-25-21/h1-2,5-9,12,16-17H,3-4,10-11,13-15H2,(H2,24,26,28). The third-order valence-electron chi connectivity index (χ3n) is 5.11. The van der Waals surface area contributed by atoms with Crippen LogP contribution in [-0.2, 0) is 19.7 Å². The highest BCUT2D eigenvalue weighted by molar-refractivity contribution is 7.07. The second kappa shape index (κ2) is 10.2. The quantitative estimate of drug-likeness (QED) is 0.555. The summed E-state index contributed by atoms with van der Waals surface area (Å²) in [6, 6.07) is 15.5. The summed E-state index contributed by atoms with van der Waals surface area (Å²) in [7, 11) is 0. The predicted molar refractivity (Wildman–Crippen MR) is 120 cm³/mol. The number of amides is 2. The van der Waals surface area contributed by atoms with Gasteiger partial charge in [0, 0.05) is 30.2 Å². The van der Waals surface area contributed by atoms with Gasteiger partial charge in [0.1, 0.15) is 12.4 Å². The zero-order chi connectivity index (χ0) is 20.6. The van der Waals surface area contributed by atoms with Gasteiger partial charge in [0.25, 0.3) is 0 Å². The van der Waals surface area contributed by atoms with Crippen LogP contribution in [0.1, 0.15) is 29.7 Å². The highest BCUT2D eigenvalue weighted by Crippen LogP contribution is 2.19. The van der Waals surface area contributed by atoms with Crippen LogP contribution < -0.4 is 15.4 Å². The van der Waals surface area contributed by atoms with Gasteiger partial charge in [-0.1, -0.05) is 30.3 Å². The molecule has 0 unspecified atom stereocenters. The molecule has 4 rings (SSSR count). The van der Waals surface area contributed by atoms with E-state index in [9.17, 15) is 4.79 Å². The minimum absolute atomic E-state index is 0.234. The summed E-state index contributed by atoms with van der Waals surface area (Å²) in [5.41, 5.74) is 5.79. The molecule has 1 aliphatic rings. The average Bonchev–Trinajstić information content (AvgIpc) is 3.46. The maximum absolute atomic E-state index is 12.4. The van der Waals surface area contributed by atoms with Crippen LogP contribution in [0, 0.1) is 0 Å². The summed E-state index contributed by atoms with van der Waals surface area (Å²) < 4.78 is 5.75. The second-order valence-corrected chi connectivity index (χ2v) is 8.07. The van der Waals surface area contributed by atoms with Crippen LogP contribution in [0.3, 0.4) is 0 Å². The van der Waals surface area contributed by atoms with Gasteiger partial charge >= 0.3 is 6.03 Å². The molecule has 1 saturated heterocycles. The maximum atomic E-state index is 12.4. The number of hydrogen-bond donors (Lipinski definition) is 2. The molecule has 1 aliphatic heterocycles. The van der Waals surface area contributed by atoms with Crippen molar-refractivity contribution in [2.75, 3.05) is 18.4 Å². The number of aromatic nitrogens is 1. The number of rotatable bonds is 8. The van der Waals surface area contributed by atoms with Gasteiger partial charge in [0.2, 0.25) is 0 Å². The lowest BCUT2D eigenvalue weighted by molar-refractivity contribution is 0.251. The van der Waals surface area contributed by atoms with Gasteiger partial charge in [0.05, 0.1) is 11.2 Å². The Morgan fingerprint density at radius 2 is 1.93 bits per heavy atom. The Morgan fingerprint density at radius 1 is 1.10 bits per heavy atom. The third-order valence-corrected chi connectivity index (χ3v) is 5.75. The Morgan fingerprint density at radius 3 is 2.73 bits per heavy atom. The molecule has 2 amide bonds. The van der Waals surface area contributed by atoms with Gasteiger partial charge in [-0.3, -0.25) is 4.90 Å². The topological polar surface area (TPSA) is 66.5 Å². The minimum Gasteiger partial charge on any atom is -0.487 e. The third kappa shape index (κ3) is 5.81. The van der Waals surface area contributed by atoms with Crippen LogP contribution in [0.15, 0.2) is 59.4 Å². The summed E-state index contributed by atoms with van der Waals surface area (Å²) in [6.07, 6.45) is 2.55. The Bertz CT molecular complexity index is 955. The largest absolute Gasteiger partial charge is 0.487 e. The Kier molecular flexibility index (Phi) is 6.95. The first-order valence-corrected chi connectivity index (χ1v) is 11.1. The number of anilines is 1. The van der Waals surface area contributed by atoms with Crippen LogP contribution in [-0.4, -0.2) is 29.0 Å². The molecule has 0 radical (unpaired) electrons. The fourth-order valence-corrected chi connectivity index (χ4v) is 4.09. The van der Waals surface area contributed by atoms with Crippen molar-refractivity contribution in [1.82, 2.24) is 15.2 Å². The molecular weight excluding hydrogens is 396 g/mol. The van der Waals surface area contributed by atoms with E-state index in [0.29, 0.717) is 24.6 Å². The number of urea groups is 1. The number of carbonyl (C=O) groups is 1. The van der Waals surface area contributed by atoms with E-state index in [1.54, 1.807) is 16.8 Å². The van der Waals surface area contributed by atoms with Crippen LogP contribution in [0.25, 0.3) is 0 Å². The molecule has 7 heteroatoms. The fourth-order valence-electron chi connectivity index (χ4n) is 3.55. The first-order chi connectivity index (χ1) is 14.8. The monoisotopic (exact) mass is 422 g/mol. The summed E-state index contributed by atoms with van der Waals surface area (Å²) in [6.45, 7) is 4.16. The molecule has 0 atom stereocenters. The molecule has 6 nitrogen and oxygen atoms in total. The van der Waals surface area contributed by atoms with Crippen LogP contribution in [0.4, 0.5) is 10.5 Å². The van der Waals surface area contributed by atoms with E-state index < -0.39 is 0 Å². The summed E-state index contributed by atoms with van der Waals surface area (Å²) in [4.78, 5) is 19.1. The van der Waals surface area contributed by atoms with E-state index >= 15 is 0 Å². The van der Waals surface area contributed by atoms with Gasteiger partial charge < -0.3 is 15.4 Å². The number of nitrogens with one attached hydrogen (secondary N) is 2. The molecule has 0 spiro atoms. The highest BCUT2D eigenvalue weighted by atomic mass is 32.1. The number of likely N-dealkylation sites (tertiary alicyclic amines) is 1. The molecule has 0 bridgehead atoms. The number of hydrogen-bond acceptors (Lipinski definition) is 5. The van der Waals surface area contributed by atoms with E-state index in [1.807, 2.05) is 35.7 Å².